The number of rotatable bonds is 8. The molecular formula is C26H23ClO6. The van der Waals surface area contributed by atoms with Crippen molar-refractivity contribution < 1.29 is 29.3 Å². The number of carboxylic acid groups (broad SMARTS) is 1. The van der Waals surface area contributed by atoms with Gasteiger partial charge in [0, 0.05) is 23.6 Å². The maximum Gasteiger partial charge on any atom is 0.311 e. The Morgan fingerprint density at radius 1 is 1.06 bits per heavy atom. The Morgan fingerprint density at radius 3 is 2.48 bits per heavy atom. The van der Waals surface area contributed by atoms with E-state index < -0.39 is 11.9 Å². The van der Waals surface area contributed by atoms with Crippen molar-refractivity contribution in [1.29, 1.82) is 0 Å². The van der Waals surface area contributed by atoms with Gasteiger partial charge in [0.25, 0.3) is 0 Å². The highest BCUT2D eigenvalue weighted by molar-refractivity contribution is 6.32. The Hall–Kier alpha value is -3.51. The van der Waals surface area contributed by atoms with Crippen molar-refractivity contribution in [2.24, 2.45) is 0 Å². The minimum absolute atomic E-state index is 0.0419. The Balaban J connectivity index is 1.38. The summed E-state index contributed by atoms with van der Waals surface area (Å²) in [5, 5.41) is 19.0. The van der Waals surface area contributed by atoms with Gasteiger partial charge in [0.1, 0.15) is 23.0 Å². The molecule has 0 spiro atoms. The summed E-state index contributed by atoms with van der Waals surface area (Å²) in [4.78, 5) is 24.0. The Labute approximate surface area is 196 Å². The first-order chi connectivity index (χ1) is 15.9. The molecule has 6 nitrogen and oxygen atoms in total. The lowest BCUT2D eigenvalue weighted by Gasteiger charge is -2.24. The molecule has 1 atom stereocenters. The number of aliphatic carboxylic acids is 1. The predicted molar refractivity (Wildman–Crippen MR) is 124 cm³/mol. The predicted octanol–water partition coefficient (Wildman–Crippen LogP) is 5.99. The molecule has 0 radical (unpaired) electrons. The molecule has 1 heterocycles. The number of hydrogen-bond acceptors (Lipinski definition) is 5. The molecule has 1 aliphatic rings. The number of aromatic hydroxyl groups is 1. The minimum atomic E-state index is -0.910. The Bertz CT molecular complexity index is 1150. The summed E-state index contributed by atoms with van der Waals surface area (Å²) in [6.45, 7) is 0.314. The SMILES string of the molecule is O=C(CCCc1ccc(O)cc1)c1ccc(Oc2cc3c(cc2Cl)C(C(=O)O)CCO3)cc1. The van der Waals surface area contributed by atoms with Crippen LogP contribution in [0.5, 0.6) is 23.0 Å². The number of halogens is 1. The number of ketones is 1. The van der Waals surface area contributed by atoms with Gasteiger partial charge in [-0.3, -0.25) is 9.59 Å². The molecule has 33 heavy (non-hydrogen) atoms. The van der Waals surface area contributed by atoms with Crippen molar-refractivity contribution in [1.82, 2.24) is 0 Å². The van der Waals surface area contributed by atoms with E-state index in [1.165, 1.54) is 0 Å². The zero-order chi connectivity index (χ0) is 23.4. The highest BCUT2D eigenvalue weighted by Gasteiger charge is 2.29. The summed E-state index contributed by atoms with van der Waals surface area (Å²) >= 11 is 6.34. The van der Waals surface area contributed by atoms with Crippen molar-refractivity contribution in [3.05, 3.63) is 82.4 Å². The molecular weight excluding hydrogens is 444 g/mol. The van der Waals surface area contributed by atoms with Gasteiger partial charge >= 0.3 is 5.97 Å². The topological polar surface area (TPSA) is 93.1 Å². The van der Waals surface area contributed by atoms with Crippen LogP contribution in [0.4, 0.5) is 0 Å². The van der Waals surface area contributed by atoms with Gasteiger partial charge in [-0.05, 0) is 67.3 Å². The fourth-order valence-electron chi connectivity index (χ4n) is 3.82. The van der Waals surface area contributed by atoms with Crippen LogP contribution in [-0.4, -0.2) is 28.6 Å². The van der Waals surface area contributed by atoms with E-state index in [0.29, 0.717) is 59.3 Å². The molecule has 3 aromatic rings. The van der Waals surface area contributed by atoms with Gasteiger partial charge in [-0.2, -0.15) is 0 Å². The average Bonchev–Trinajstić information content (AvgIpc) is 2.81. The van der Waals surface area contributed by atoms with Crippen molar-refractivity contribution in [3.63, 3.8) is 0 Å². The number of aryl methyl sites for hydroxylation is 1. The summed E-state index contributed by atoms with van der Waals surface area (Å²) in [6.07, 6.45) is 2.28. The molecule has 7 heteroatoms. The van der Waals surface area contributed by atoms with Crippen LogP contribution in [0.25, 0.3) is 0 Å². The Kier molecular flexibility index (Phi) is 6.84. The normalized spacial score (nSPS) is 14.8. The van der Waals surface area contributed by atoms with Gasteiger partial charge in [-0.1, -0.05) is 23.7 Å². The molecule has 170 valence electrons. The van der Waals surface area contributed by atoms with Gasteiger partial charge in [0.15, 0.2) is 5.78 Å². The molecule has 3 aromatic carbocycles. The highest BCUT2D eigenvalue weighted by Crippen LogP contribution is 2.41. The third kappa shape index (κ3) is 5.46. The number of ether oxygens (including phenoxy) is 2. The first-order valence-electron chi connectivity index (χ1n) is 10.7. The third-order valence-corrected chi connectivity index (χ3v) is 5.91. The molecule has 0 aromatic heterocycles. The second-order valence-corrected chi connectivity index (χ2v) is 8.33. The highest BCUT2D eigenvalue weighted by atomic mass is 35.5. The molecule has 0 fully saturated rings. The smallest absolute Gasteiger partial charge is 0.311 e. The summed E-state index contributed by atoms with van der Waals surface area (Å²) in [5.74, 6) is 0.0179. The molecule has 4 rings (SSSR count). The van der Waals surface area contributed by atoms with Crippen LogP contribution in [0.1, 0.15) is 46.7 Å². The van der Waals surface area contributed by atoms with Crippen molar-refractivity contribution >= 4 is 23.4 Å². The Morgan fingerprint density at radius 2 is 1.79 bits per heavy atom. The van der Waals surface area contributed by atoms with Crippen LogP contribution in [0.3, 0.4) is 0 Å². The quantitative estimate of drug-likeness (QED) is 0.396. The van der Waals surface area contributed by atoms with Gasteiger partial charge < -0.3 is 19.7 Å². The van der Waals surface area contributed by atoms with E-state index in [9.17, 15) is 19.8 Å². The number of carbonyl (C=O) groups excluding carboxylic acids is 1. The zero-order valence-electron chi connectivity index (χ0n) is 17.8. The molecule has 0 bridgehead atoms. The van der Waals surface area contributed by atoms with Crippen molar-refractivity contribution in [2.75, 3.05) is 6.61 Å². The minimum Gasteiger partial charge on any atom is -0.508 e. The lowest BCUT2D eigenvalue weighted by molar-refractivity contribution is -0.139. The number of hydrogen-bond donors (Lipinski definition) is 2. The third-order valence-electron chi connectivity index (χ3n) is 5.61. The average molecular weight is 467 g/mol. The number of Topliss-reactive ketones (excluding diaryl/α,β-unsaturated/α-hetero) is 1. The summed E-state index contributed by atoms with van der Waals surface area (Å²) in [6, 6.07) is 17.0. The molecule has 0 amide bonds. The van der Waals surface area contributed by atoms with E-state index in [2.05, 4.69) is 0 Å². The summed E-state index contributed by atoms with van der Waals surface area (Å²) in [5.41, 5.74) is 2.21. The fourth-order valence-corrected chi connectivity index (χ4v) is 4.03. The molecule has 2 N–H and O–H groups in total. The number of phenols is 1. The lowest BCUT2D eigenvalue weighted by atomic mass is 9.93. The maximum absolute atomic E-state index is 12.5. The molecule has 0 saturated heterocycles. The molecule has 1 unspecified atom stereocenters. The number of carbonyl (C=O) groups is 2. The van der Waals surface area contributed by atoms with Crippen LogP contribution in [0.2, 0.25) is 5.02 Å². The van der Waals surface area contributed by atoms with Gasteiger partial charge in [-0.15, -0.1) is 0 Å². The van der Waals surface area contributed by atoms with Crippen LogP contribution < -0.4 is 9.47 Å². The standard InChI is InChI=1S/C26H23ClO6/c27-22-14-21-20(26(30)31)12-13-32-24(21)15-25(22)33-19-10-6-17(7-11-19)23(29)3-1-2-16-4-8-18(28)9-5-16/h4-11,14-15,20,28H,1-3,12-13H2,(H,30,31). The fraction of sp³-hybridized carbons (Fsp3) is 0.231. The van der Waals surface area contributed by atoms with Gasteiger partial charge in [0.05, 0.1) is 17.5 Å². The lowest BCUT2D eigenvalue weighted by Crippen LogP contribution is -2.20. The van der Waals surface area contributed by atoms with E-state index in [0.717, 1.165) is 12.0 Å². The van der Waals surface area contributed by atoms with E-state index in [1.807, 2.05) is 12.1 Å². The first-order valence-corrected chi connectivity index (χ1v) is 11.1. The number of phenolic OH excluding ortho intramolecular Hbond substituents is 1. The number of fused-ring (bicyclic) bond motifs is 1. The molecule has 0 saturated carbocycles. The van der Waals surface area contributed by atoms with Gasteiger partial charge in [0.2, 0.25) is 0 Å². The van der Waals surface area contributed by atoms with E-state index in [1.54, 1.807) is 48.5 Å². The van der Waals surface area contributed by atoms with Crippen LogP contribution in [-0.2, 0) is 11.2 Å². The largest absolute Gasteiger partial charge is 0.508 e. The maximum atomic E-state index is 12.5. The summed E-state index contributed by atoms with van der Waals surface area (Å²) < 4.78 is 11.5. The molecule has 1 aliphatic heterocycles. The first kappa shape index (κ1) is 22.7. The van der Waals surface area contributed by atoms with E-state index in [-0.39, 0.29) is 11.5 Å². The van der Waals surface area contributed by atoms with Crippen LogP contribution >= 0.6 is 11.6 Å². The van der Waals surface area contributed by atoms with Crippen molar-refractivity contribution in [3.8, 4) is 23.0 Å². The zero-order valence-corrected chi connectivity index (χ0v) is 18.5. The summed E-state index contributed by atoms with van der Waals surface area (Å²) in [7, 11) is 0. The van der Waals surface area contributed by atoms with Crippen molar-refractivity contribution in [2.45, 2.75) is 31.6 Å². The van der Waals surface area contributed by atoms with Crippen LogP contribution in [0.15, 0.2) is 60.7 Å². The van der Waals surface area contributed by atoms with Gasteiger partial charge in [-0.25, -0.2) is 0 Å². The number of benzene rings is 3. The van der Waals surface area contributed by atoms with E-state index >= 15 is 0 Å². The second-order valence-electron chi connectivity index (χ2n) is 7.92. The monoisotopic (exact) mass is 466 g/mol. The second kappa shape index (κ2) is 9.96. The van der Waals surface area contributed by atoms with E-state index in [4.69, 9.17) is 21.1 Å². The van der Waals surface area contributed by atoms with Crippen LogP contribution in [0, 0.1) is 0 Å². The molecule has 0 aliphatic carbocycles. The number of carboxylic acids is 1.